The van der Waals surface area contributed by atoms with E-state index in [0.29, 0.717) is 0 Å². The Morgan fingerprint density at radius 1 is 0.636 bits per heavy atom. The summed E-state index contributed by atoms with van der Waals surface area (Å²) < 4.78 is 2.42. The molecule has 1 heterocycles. The minimum Gasteiger partial charge on any atom is -0.187 e. The number of hydrogen-bond donors (Lipinski definition) is 0. The van der Waals surface area contributed by atoms with E-state index in [1.54, 1.807) is 0 Å². The monoisotopic (exact) mass is 284 g/mol. The summed E-state index contributed by atoms with van der Waals surface area (Å²) in [4.78, 5) is 0. The molecule has 0 unspecified atom stereocenters. The molecule has 1 aromatic heterocycles. The van der Waals surface area contributed by atoms with Crippen molar-refractivity contribution in [1.29, 1.82) is 0 Å². The molecule has 0 aliphatic rings. The van der Waals surface area contributed by atoms with Crippen LogP contribution in [0.25, 0.3) is 21.8 Å². The molecule has 0 bridgehead atoms. The SMILES string of the molecule is Cc1c2ccccc2[n+](Cc2ccccc2)c2ccccc12. The van der Waals surface area contributed by atoms with Gasteiger partial charge in [0.15, 0.2) is 6.54 Å². The van der Waals surface area contributed by atoms with Gasteiger partial charge >= 0.3 is 0 Å². The van der Waals surface area contributed by atoms with Crippen LogP contribution < -0.4 is 4.57 Å². The Morgan fingerprint density at radius 3 is 1.73 bits per heavy atom. The summed E-state index contributed by atoms with van der Waals surface area (Å²) in [6, 6.07) is 28.0. The fourth-order valence-corrected chi connectivity index (χ4v) is 3.26. The summed E-state index contributed by atoms with van der Waals surface area (Å²) in [5.41, 5.74) is 5.27. The van der Waals surface area contributed by atoms with E-state index < -0.39 is 0 Å². The Bertz CT molecular complexity index is 898. The van der Waals surface area contributed by atoms with Gasteiger partial charge in [-0.05, 0) is 24.6 Å². The lowest BCUT2D eigenvalue weighted by molar-refractivity contribution is -0.635. The van der Waals surface area contributed by atoms with Gasteiger partial charge < -0.3 is 0 Å². The highest BCUT2D eigenvalue weighted by atomic mass is 15.0. The first-order chi connectivity index (χ1) is 10.8. The molecule has 106 valence electrons. The van der Waals surface area contributed by atoms with E-state index in [1.165, 1.54) is 32.9 Å². The second-order valence-electron chi connectivity index (χ2n) is 5.73. The minimum absolute atomic E-state index is 0.891. The number of para-hydroxylation sites is 2. The predicted molar refractivity (Wildman–Crippen MR) is 91.9 cm³/mol. The molecule has 0 aliphatic carbocycles. The zero-order chi connectivity index (χ0) is 14.9. The van der Waals surface area contributed by atoms with Crippen molar-refractivity contribution in [3.8, 4) is 0 Å². The second kappa shape index (κ2) is 5.27. The van der Waals surface area contributed by atoms with Crippen LogP contribution in [0.5, 0.6) is 0 Å². The van der Waals surface area contributed by atoms with Crippen molar-refractivity contribution in [3.63, 3.8) is 0 Å². The lowest BCUT2D eigenvalue weighted by Gasteiger charge is -2.09. The molecule has 0 saturated heterocycles. The number of hydrogen-bond acceptors (Lipinski definition) is 0. The Morgan fingerprint density at radius 2 is 1.14 bits per heavy atom. The Kier molecular flexibility index (Phi) is 3.12. The summed E-state index contributed by atoms with van der Waals surface area (Å²) in [7, 11) is 0. The van der Waals surface area contributed by atoms with Crippen molar-refractivity contribution in [1.82, 2.24) is 0 Å². The van der Waals surface area contributed by atoms with Crippen molar-refractivity contribution in [3.05, 3.63) is 90.0 Å². The van der Waals surface area contributed by atoms with E-state index in [1.807, 2.05) is 0 Å². The molecule has 0 N–H and O–H groups in total. The maximum Gasteiger partial charge on any atom is 0.213 e. The molecule has 0 spiro atoms. The van der Waals surface area contributed by atoms with Gasteiger partial charge in [-0.3, -0.25) is 0 Å². The van der Waals surface area contributed by atoms with Crippen LogP contribution in [0.2, 0.25) is 0 Å². The van der Waals surface area contributed by atoms with Crippen LogP contribution in [-0.2, 0) is 6.54 Å². The number of aromatic nitrogens is 1. The molecule has 1 heteroatoms. The molecule has 0 radical (unpaired) electrons. The van der Waals surface area contributed by atoms with Gasteiger partial charge in [-0.2, -0.15) is 4.57 Å². The molecule has 0 atom stereocenters. The number of pyridine rings is 1. The third kappa shape index (κ3) is 2.06. The zero-order valence-electron chi connectivity index (χ0n) is 12.7. The van der Waals surface area contributed by atoms with Gasteiger partial charge in [0.1, 0.15) is 0 Å². The Balaban J connectivity index is 2.07. The van der Waals surface area contributed by atoms with Crippen LogP contribution in [0.4, 0.5) is 0 Å². The first kappa shape index (κ1) is 13.0. The van der Waals surface area contributed by atoms with Crippen molar-refractivity contribution in [2.75, 3.05) is 0 Å². The van der Waals surface area contributed by atoms with E-state index in [0.717, 1.165) is 6.54 Å². The number of nitrogens with zero attached hydrogens (tertiary/aromatic N) is 1. The summed E-state index contributed by atoms with van der Waals surface area (Å²) in [5.74, 6) is 0. The highest BCUT2D eigenvalue weighted by Crippen LogP contribution is 2.24. The molecule has 0 aliphatic heterocycles. The van der Waals surface area contributed by atoms with Crippen LogP contribution >= 0.6 is 0 Å². The lowest BCUT2D eigenvalue weighted by atomic mass is 10.0. The van der Waals surface area contributed by atoms with Crippen molar-refractivity contribution in [2.45, 2.75) is 13.5 Å². The Hall–Kier alpha value is -2.67. The molecule has 0 amide bonds. The number of aryl methyl sites for hydroxylation is 1. The highest BCUT2D eigenvalue weighted by molar-refractivity contribution is 5.93. The molecular formula is C21H18N+. The molecule has 0 saturated carbocycles. The van der Waals surface area contributed by atoms with E-state index in [4.69, 9.17) is 0 Å². The second-order valence-corrected chi connectivity index (χ2v) is 5.73. The maximum absolute atomic E-state index is 2.42. The fraction of sp³-hybridized carbons (Fsp3) is 0.0952. The average Bonchev–Trinajstić information content (AvgIpc) is 2.59. The highest BCUT2D eigenvalue weighted by Gasteiger charge is 2.17. The third-order valence-electron chi connectivity index (χ3n) is 4.38. The van der Waals surface area contributed by atoms with Crippen molar-refractivity contribution >= 4 is 21.8 Å². The van der Waals surface area contributed by atoms with Crippen molar-refractivity contribution in [2.24, 2.45) is 0 Å². The molecule has 1 nitrogen and oxygen atoms in total. The van der Waals surface area contributed by atoms with Crippen molar-refractivity contribution < 1.29 is 4.57 Å². The van der Waals surface area contributed by atoms with Crippen LogP contribution in [0, 0.1) is 6.92 Å². The molecule has 4 rings (SSSR count). The van der Waals surface area contributed by atoms with E-state index in [-0.39, 0.29) is 0 Å². The van der Waals surface area contributed by atoms with Gasteiger partial charge in [0.25, 0.3) is 0 Å². The average molecular weight is 284 g/mol. The van der Waals surface area contributed by atoms with E-state index in [2.05, 4.69) is 90.4 Å². The fourth-order valence-electron chi connectivity index (χ4n) is 3.26. The van der Waals surface area contributed by atoms with Gasteiger partial charge in [0, 0.05) is 28.5 Å². The van der Waals surface area contributed by atoms with Gasteiger partial charge in [-0.25, -0.2) is 0 Å². The summed E-state index contributed by atoms with van der Waals surface area (Å²) in [6.45, 7) is 3.11. The predicted octanol–water partition coefficient (Wildman–Crippen LogP) is 4.64. The van der Waals surface area contributed by atoms with Gasteiger partial charge in [0.2, 0.25) is 11.0 Å². The topological polar surface area (TPSA) is 3.88 Å². The number of benzene rings is 3. The van der Waals surface area contributed by atoms with Crippen LogP contribution in [0.1, 0.15) is 11.1 Å². The lowest BCUT2D eigenvalue weighted by Crippen LogP contribution is -2.36. The standard InChI is InChI=1S/C21H18N/c1-16-18-11-5-7-13-20(18)22(15-17-9-3-2-4-10-17)21-14-8-6-12-19(16)21/h2-14H,15H2,1H3/q+1. The third-order valence-corrected chi connectivity index (χ3v) is 4.38. The number of fused-ring (bicyclic) bond motifs is 2. The summed E-state index contributed by atoms with van der Waals surface area (Å²) in [6.07, 6.45) is 0. The molecule has 22 heavy (non-hydrogen) atoms. The van der Waals surface area contributed by atoms with Crippen LogP contribution in [0.3, 0.4) is 0 Å². The summed E-state index contributed by atoms with van der Waals surface area (Å²) >= 11 is 0. The van der Waals surface area contributed by atoms with Gasteiger partial charge in [-0.15, -0.1) is 0 Å². The van der Waals surface area contributed by atoms with Gasteiger partial charge in [0.05, 0.1) is 0 Å². The first-order valence-electron chi connectivity index (χ1n) is 7.68. The Labute approximate surface area is 130 Å². The van der Waals surface area contributed by atoms with Crippen LogP contribution in [-0.4, -0.2) is 0 Å². The number of rotatable bonds is 2. The normalized spacial score (nSPS) is 11.1. The smallest absolute Gasteiger partial charge is 0.187 e. The maximum atomic E-state index is 2.42. The molecule has 4 aromatic rings. The zero-order valence-corrected chi connectivity index (χ0v) is 12.7. The molecule has 3 aromatic carbocycles. The molecule has 0 fully saturated rings. The quantitative estimate of drug-likeness (QED) is 0.373. The van der Waals surface area contributed by atoms with Gasteiger partial charge in [-0.1, -0.05) is 54.6 Å². The van der Waals surface area contributed by atoms with Crippen LogP contribution in [0.15, 0.2) is 78.9 Å². The first-order valence-corrected chi connectivity index (χ1v) is 7.68. The minimum atomic E-state index is 0.891. The van der Waals surface area contributed by atoms with E-state index >= 15 is 0 Å². The molecular weight excluding hydrogens is 266 g/mol. The van der Waals surface area contributed by atoms with E-state index in [9.17, 15) is 0 Å². The summed E-state index contributed by atoms with van der Waals surface area (Å²) in [5, 5.41) is 2.66. The largest absolute Gasteiger partial charge is 0.213 e.